The number of unbranched alkanes of at least 4 members (excludes halogenated alkanes) is 5. The molecular formula is C12H22O. The Bertz CT molecular complexity index is 142. The van der Waals surface area contributed by atoms with Gasteiger partial charge < -0.3 is 4.74 Å². The first-order valence-corrected chi connectivity index (χ1v) is 5.61. The van der Waals surface area contributed by atoms with E-state index in [2.05, 4.69) is 13.5 Å². The summed E-state index contributed by atoms with van der Waals surface area (Å²) in [6, 6.07) is 0. The normalized spacial score (nSPS) is 25.9. The van der Waals surface area contributed by atoms with E-state index in [1.54, 1.807) is 0 Å². The summed E-state index contributed by atoms with van der Waals surface area (Å²) in [7, 11) is 0. The molecule has 0 bridgehead atoms. The zero-order chi connectivity index (χ0) is 9.52. The highest BCUT2D eigenvalue weighted by atomic mass is 16.6. The third-order valence-corrected chi connectivity index (χ3v) is 2.73. The van der Waals surface area contributed by atoms with E-state index in [1.807, 2.05) is 6.08 Å². The fourth-order valence-corrected chi connectivity index (χ4v) is 1.70. The van der Waals surface area contributed by atoms with Crippen molar-refractivity contribution >= 4 is 0 Å². The van der Waals surface area contributed by atoms with E-state index in [0.29, 0.717) is 12.2 Å². The van der Waals surface area contributed by atoms with Crippen LogP contribution < -0.4 is 0 Å². The first kappa shape index (κ1) is 10.8. The number of hydrogen-bond acceptors (Lipinski definition) is 1. The molecule has 0 aromatic heterocycles. The van der Waals surface area contributed by atoms with Gasteiger partial charge in [0.2, 0.25) is 0 Å². The van der Waals surface area contributed by atoms with Gasteiger partial charge in [-0.25, -0.2) is 0 Å². The molecule has 76 valence electrons. The van der Waals surface area contributed by atoms with Crippen molar-refractivity contribution in [3.05, 3.63) is 12.7 Å². The van der Waals surface area contributed by atoms with Crippen molar-refractivity contribution in [2.45, 2.75) is 64.1 Å². The molecule has 0 saturated carbocycles. The number of epoxide rings is 1. The summed E-state index contributed by atoms with van der Waals surface area (Å²) in [6.07, 6.45) is 12.4. The zero-order valence-electron chi connectivity index (χ0n) is 8.80. The monoisotopic (exact) mass is 182 g/mol. The Morgan fingerprint density at radius 1 is 1.15 bits per heavy atom. The van der Waals surface area contributed by atoms with Crippen LogP contribution in [0.15, 0.2) is 12.7 Å². The lowest BCUT2D eigenvalue weighted by Crippen LogP contribution is -1.89. The van der Waals surface area contributed by atoms with Gasteiger partial charge in [-0.05, 0) is 26.2 Å². The fraction of sp³-hybridized carbons (Fsp3) is 0.833. The Morgan fingerprint density at radius 2 is 1.77 bits per heavy atom. The maximum absolute atomic E-state index is 5.35. The standard InChI is InChI=1S/C12H22O/c1-3-4-5-6-7-8-9-10-12-11(2)13-12/h3,11-12H,1,4-10H2,2H3. The molecule has 0 spiro atoms. The maximum atomic E-state index is 5.35. The van der Waals surface area contributed by atoms with Crippen LogP contribution in [0, 0.1) is 0 Å². The van der Waals surface area contributed by atoms with Crippen molar-refractivity contribution in [2.75, 3.05) is 0 Å². The van der Waals surface area contributed by atoms with Crippen LogP contribution in [-0.2, 0) is 4.74 Å². The minimum absolute atomic E-state index is 0.556. The summed E-state index contributed by atoms with van der Waals surface area (Å²) >= 11 is 0. The molecule has 0 aromatic rings. The van der Waals surface area contributed by atoms with Gasteiger partial charge in [-0.15, -0.1) is 6.58 Å². The molecule has 1 fully saturated rings. The zero-order valence-corrected chi connectivity index (χ0v) is 8.80. The fourth-order valence-electron chi connectivity index (χ4n) is 1.70. The van der Waals surface area contributed by atoms with Gasteiger partial charge in [-0.1, -0.05) is 31.8 Å². The van der Waals surface area contributed by atoms with Gasteiger partial charge in [0.25, 0.3) is 0 Å². The molecule has 1 saturated heterocycles. The van der Waals surface area contributed by atoms with Crippen LogP contribution in [0.3, 0.4) is 0 Å². The molecule has 0 aromatic carbocycles. The summed E-state index contributed by atoms with van der Waals surface area (Å²) < 4.78 is 5.35. The number of ether oxygens (including phenoxy) is 1. The molecule has 1 aliphatic rings. The van der Waals surface area contributed by atoms with E-state index >= 15 is 0 Å². The van der Waals surface area contributed by atoms with Gasteiger partial charge in [0.15, 0.2) is 0 Å². The Balaban J connectivity index is 1.71. The number of hydrogen-bond donors (Lipinski definition) is 0. The van der Waals surface area contributed by atoms with Crippen molar-refractivity contribution < 1.29 is 4.74 Å². The van der Waals surface area contributed by atoms with Gasteiger partial charge in [-0.2, -0.15) is 0 Å². The van der Waals surface area contributed by atoms with E-state index in [-0.39, 0.29) is 0 Å². The average Bonchev–Trinajstić information content (AvgIpc) is 2.81. The summed E-state index contributed by atoms with van der Waals surface area (Å²) in [4.78, 5) is 0. The SMILES string of the molecule is C=CCCCCCCCC1OC1C. The predicted octanol–water partition coefficient (Wildman–Crippen LogP) is 3.69. The van der Waals surface area contributed by atoms with E-state index in [9.17, 15) is 0 Å². The van der Waals surface area contributed by atoms with Crippen LogP contribution in [0.2, 0.25) is 0 Å². The molecule has 1 heteroatoms. The molecule has 0 N–H and O–H groups in total. The molecular weight excluding hydrogens is 160 g/mol. The lowest BCUT2D eigenvalue weighted by atomic mass is 10.1. The van der Waals surface area contributed by atoms with Crippen molar-refractivity contribution in [1.82, 2.24) is 0 Å². The van der Waals surface area contributed by atoms with Crippen LogP contribution >= 0.6 is 0 Å². The topological polar surface area (TPSA) is 12.5 Å². The lowest BCUT2D eigenvalue weighted by molar-refractivity contribution is 0.364. The lowest BCUT2D eigenvalue weighted by Gasteiger charge is -1.98. The second-order valence-corrected chi connectivity index (χ2v) is 4.01. The number of allylic oxidation sites excluding steroid dienone is 1. The minimum atomic E-state index is 0.556. The molecule has 1 rings (SSSR count). The molecule has 2 atom stereocenters. The molecule has 13 heavy (non-hydrogen) atoms. The van der Waals surface area contributed by atoms with Crippen LogP contribution in [-0.4, -0.2) is 12.2 Å². The van der Waals surface area contributed by atoms with Gasteiger partial charge in [0.05, 0.1) is 12.2 Å². The Labute approximate surface area is 82.2 Å². The van der Waals surface area contributed by atoms with Crippen LogP contribution in [0.25, 0.3) is 0 Å². The minimum Gasteiger partial charge on any atom is -0.370 e. The highest BCUT2D eigenvalue weighted by Crippen LogP contribution is 2.26. The molecule has 2 unspecified atom stereocenters. The van der Waals surface area contributed by atoms with Crippen molar-refractivity contribution in [3.63, 3.8) is 0 Å². The van der Waals surface area contributed by atoms with Gasteiger partial charge in [-0.3, -0.25) is 0 Å². The average molecular weight is 182 g/mol. The summed E-state index contributed by atoms with van der Waals surface area (Å²) in [5, 5.41) is 0. The highest BCUT2D eigenvalue weighted by molar-refractivity contribution is 4.79. The molecule has 0 amide bonds. The predicted molar refractivity (Wildman–Crippen MR) is 56.9 cm³/mol. The second-order valence-electron chi connectivity index (χ2n) is 4.01. The van der Waals surface area contributed by atoms with Gasteiger partial charge in [0, 0.05) is 0 Å². The second kappa shape index (κ2) is 6.20. The van der Waals surface area contributed by atoms with Crippen LogP contribution in [0.4, 0.5) is 0 Å². The first-order valence-electron chi connectivity index (χ1n) is 5.61. The van der Waals surface area contributed by atoms with Gasteiger partial charge >= 0.3 is 0 Å². The third kappa shape index (κ3) is 5.09. The third-order valence-electron chi connectivity index (χ3n) is 2.73. The van der Waals surface area contributed by atoms with E-state index in [0.717, 1.165) is 0 Å². The quantitative estimate of drug-likeness (QED) is 0.317. The molecule has 0 radical (unpaired) electrons. The Morgan fingerprint density at radius 3 is 2.38 bits per heavy atom. The molecule has 0 aliphatic carbocycles. The smallest absolute Gasteiger partial charge is 0.0839 e. The van der Waals surface area contributed by atoms with E-state index < -0.39 is 0 Å². The summed E-state index contributed by atoms with van der Waals surface area (Å²) in [5.74, 6) is 0. The number of rotatable bonds is 8. The first-order chi connectivity index (χ1) is 6.34. The highest BCUT2D eigenvalue weighted by Gasteiger charge is 2.32. The molecule has 1 heterocycles. The Kier molecular flexibility index (Phi) is 5.14. The molecule has 1 nitrogen and oxygen atoms in total. The van der Waals surface area contributed by atoms with Crippen LogP contribution in [0.5, 0.6) is 0 Å². The Hall–Kier alpha value is -0.300. The summed E-state index contributed by atoms with van der Waals surface area (Å²) in [6.45, 7) is 5.88. The van der Waals surface area contributed by atoms with Gasteiger partial charge in [0.1, 0.15) is 0 Å². The maximum Gasteiger partial charge on any atom is 0.0839 e. The largest absolute Gasteiger partial charge is 0.370 e. The van der Waals surface area contributed by atoms with Crippen LogP contribution in [0.1, 0.15) is 51.9 Å². The van der Waals surface area contributed by atoms with Crippen molar-refractivity contribution in [2.24, 2.45) is 0 Å². The van der Waals surface area contributed by atoms with E-state index in [1.165, 1.54) is 44.9 Å². The van der Waals surface area contributed by atoms with Crippen molar-refractivity contribution in [3.8, 4) is 0 Å². The molecule has 1 aliphatic heterocycles. The van der Waals surface area contributed by atoms with Crippen molar-refractivity contribution in [1.29, 1.82) is 0 Å². The van der Waals surface area contributed by atoms with E-state index in [4.69, 9.17) is 4.74 Å². The summed E-state index contributed by atoms with van der Waals surface area (Å²) in [5.41, 5.74) is 0.